The molecule has 2 N–H and O–H groups in total. The molecule has 2 fully saturated rings. The summed E-state index contributed by atoms with van der Waals surface area (Å²) >= 11 is 0. The van der Waals surface area contributed by atoms with Crippen molar-refractivity contribution >= 4 is 23.8 Å². The summed E-state index contributed by atoms with van der Waals surface area (Å²) in [5.41, 5.74) is 4.93. The van der Waals surface area contributed by atoms with Gasteiger partial charge in [0.05, 0.1) is 0 Å². The van der Waals surface area contributed by atoms with Crippen LogP contribution >= 0.6 is 0 Å². The van der Waals surface area contributed by atoms with Gasteiger partial charge in [-0.3, -0.25) is 30.1 Å². The first-order valence-corrected chi connectivity index (χ1v) is 8.63. The van der Waals surface area contributed by atoms with Crippen LogP contribution in [0, 0.1) is 5.92 Å². The predicted molar refractivity (Wildman–Crippen MR) is 86.5 cm³/mol. The van der Waals surface area contributed by atoms with Crippen molar-refractivity contribution in [1.82, 2.24) is 20.7 Å². The highest BCUT2D eigenvalue weighted by atomic mass is 16.2. The first-order chi connectivity index (χ1) is 11.5. The summed E-state index contributed by atoms with van der Waals surface area (Å²) in [6.07, 6.45) is 6.43. The van der Waals surface area contributed by atoms with E-state index < -0.39 is 0 Å². The number of unbranched alkanes of at least 4 members (excludes halogenated alkanes) is 1. The number of imide groups is 1. The summed E-state index contributed by atoms with van der Waals surface area (Å²) in [5.74, 6) is -0.565. The molecule has 0 aromatic carbocycles. The Morgan fingerprint density at radius 1 is 1.08 bits per heavy atom. The molecule has 134 valence electrons. The molecular weight excluding hydrogens is 312 g/mol. The molecule has 1 saturated heterocycles. The zero-order chi connectivity index (χ0) is 17.5. The lowest BCUT2D eigenvalue weighted by Gasteiger charge is -2.20. The first-order valence-electron chi connectivity index (χ1n) is 8.63. The Kier molecular flexibility index (Phi) is 6.57. The van der Waals surface area contributed by atoms with Crippen LogP contribution in [0.3, 0.4) is 0 Å². The fourth-order valence-electron chi connectivity index (χ4n) is 3.11. The second kappa shape index (κ2) is 8.65. The van der Waals surface area contributed by atoms with Gasteiger partial charge in [0, 0.05) is 25.9 Å². The molecule has 0 spiro atoms. The monoisotopic (exact) mass is 338 g/mol. The quantitative estimate of drug-likeness (QED) is 0.425. The highest BCUT2D eigenvalue weighted by Crippen LogP contribution is 2.23. The SMILES string of the molecule is CN1CC(=O)N(CCCCC(=O)NNC(=O)C2CCCCC2)C1=O. The van der Waals surface area contributed by atoms with Gasteiger partial charge in [-0.15, -0.1) is 0 Å². The number of nitrogens with zero attached hydrogens (tertiary/aromatic N) is 2. The Bertz CT molecular complexity index is 502. The van der Waals surface area contributed by atoms with Crippen LogP contribution < -0.4 is 10.9 Å². The number of urea groups is 1. The van der Waals surface area contributed by atoms with Crippen molar-refractivity contribution in [2.75, 3.05) is 20.1 Å². The molecule has 1 saturated carbocycles. The smallest absolute Gasteiger partial charge is 0.318 e. The van der Waals surface area contributed by atoms with Crippen LogP contribution in [0.4, 0.5) is 4.79 Å². The second-order valence-corrected chi connectivity index (χ2v) is 6.51. The number of hydrazine groups is 1. The van der Waals surface area contributed by atoms with Gasteiger partial charge in [-0.1, -0.05) is 19.3 Å². The Labute approximate surface area is 141 Å². The lowest BCUT2D eigenvalue weighted by atomic mass is 9.89. The van der Waals surface area contributed by atoms with Crippen molar-refractivity contribution in [2.45, 2.75) is 51.4 Å². The second-order valence-electron chi connectivity index (χ2n) is 6.51. The van der Waals surface area contributed by atoms with Crippen molar-refractivity contribution in [3.8, 4) is 0 Å². The van der Waals surface area contributed by atoms with Crippen LogP contribution in [0.5, 0.6) is 0 Å². The lowest BCUT2D eigenvalue weighted by molar-refractivity contribution is -0.132. The highest BCUT2D eigenvalue weighted by molar-refractivity contribution is 6.01. The zero-order valence-corrected chi connectivity index (χ0v) is 14.2. The maximum Gasteiger partial charge on any atom is 0.326 e. The number of nitrogens with one attached hydrogen (secondary N) is 2. The van der Waals surface area contributed by atoms with Crippen LogP contribution in [0.1, 0.15) is 51.4 Å². The van der Waals surface area contributed by atoms with E-state index in [1.165, 1.54) is 16.2 Å². The summed E-state index contributed by atoms with van der Waals surface area (Å²) in [6, 6.07) is -0.288. The van der Waals surface area contributed by atoms with E-state index in [4.69, 9.17) is 0 Å². The Morgan fingerprint density at radius 3 is 2.42 bits per heavy atom. The van der Waals surface area contributed by atoms with Crippen LogP contribution in [0.25, 0.3) is 0 Å². The molecule has 0 aromatic heterocycles. The van der Waals surface area contributed by atoms with E-state index in [0.29, 0.717) is 19.4 Å². The van der Waals surface area contributed by atoms with Crippen LogP contribution in [-0.2, 0) is 14.4 Å². The molecule has 1 aliphatic heterocycles. The fraction of sp³-hybridized carbons (Fsp3) is 0.750. The molecule has 8 heteroatoms. The van der Waals surface area contributed by atoms with Crippen molar-refractivity contribution in [1.29, 1.82) is 0 Å². The van der Waals surface area contributed by atoms with Crippen molar-refractivity contribution in [2.24, 2.45) is 5.92 Å². The third-order valence-corrected chi connectivity index (χ3v) is 4.57. The van der Waals surface area contributed by atoms with Gasteiger partial charge in [0.2, 0.25) is 17.7 Å². The Hall–Kier alpha value is -2.12. The largest absolute Gasteiger partial charge is 0.326 e. The van der Waals surface area contributed by atoms with Crippen LogP contribution in [0.15, 0.2) is 0 Å². The predicted octanol–water partition coefficient (Wildman–Crippen LogP) is 0.778. The maximum atomic E-state index is 11.9. The van der Waals surface area contributed by atoms with Gasteiger partial charge in [-0.05, 0) is 25.7 Å². The van der Waals surface area contributed by atoms with Crippen LogP contribution in [-0.4, -0.2) is 53.7 Å². The molecule has 0 bridgehead atoms. The summed E-state index contributed by atoms with van der Waals surface area (Å²) < 4.78 is 0. The topological polar surface area (TPSA) is 98.8 Å². The molecule has 0 unspecified atom stereocenters. The minimum Gasteiger partial charge on any atom is -0.318 e. The minimum absolute atomic E-state index is 0.00299. The molecule has 2 rings (SSSR count). The number of amides is 5. The first kappa shape index (κ1) is 18.2. The van der Waals surface area contributed by atoms with E-state index in [2.05, 4.69) is 10.9 Å². The lowest BCUT2D eigenvalue weighted by Crippen LogP contribution is -2.44. The van der Waals surface area contributed by atoms with Crippen molar-refractivity contribution in [3.63, 3.8) is 0 Å². The van der Waals surface area contributed by atoms with E-state index in [0.717, 1.165) is 25.7 Å². The summed E-state index contributed by atoms with van der Waals surface area (Å²) in [5, 5.41) is 0. The molecule has 24 heavy (non-hydrogen) atoms. The normalized spacial score (nSPS) is 18.9. The van der Waals surface area contributed by atoms with Gasteiger partial charge in [0.15, 0.2) is 0 Å². The third kappa shape index (κ3) is 4.94. The zero-order valence-electron chi connectivity index (χ0n) is 14.2. The molecular formula is C16H26N4O4. The van der Waals surface area contributed by atoms with E-state index in [1.54, 1.807) is 7.05 Å². The average molecular weight is 338 g/mol. The van der Waals surface area contributed by atoms with Gasteiger partial charge in [0.25, 0.3) is 0 Å². The van der Waals surface area contributed by atoms with Gasteiger partial charge < -0.3 is 4.90 Å². The molecule has 8 nitrogen and oxygen atoms in total. The maximum absolute atomic E-state index is 11.9. The number of rotatable bonds is 6. The molecule has 2 aliphatic rings. The fourth-order valence-corrected chi connectivity index (χ4v) is 3.11. The van der Waals surface area contributed by atoms with Crippen LogP contribution in [0.2, 0.25) is 0 Å². The van der Waals surface area contributed by atoms with E-state index in [9.17, 15) is 19.2 Å². The minimum atomic E-state index is -0.288. The van der Waals surface area contributed by atoms with Gasteiger partial charge in [-0.2, -0.15) is 0 Å². The van der Waals surface area contributed by atoms with Crippen molar-refractivity contribution in [3.05, 3.63) is 0 Å². The summed E-state index contributed by atoms with van der Waals surface area (Å²) in [4.78, 5) is 49.5. The number of hydrogen-bond acceptors (Lipinski definition) is 4. The van der Waals surface area contributed by atoms with E-state index in [-0.39, 0.29) is 42.6 Å². The Morgan fingerprint density at radius 2 is 1.79 bits per heavy atom. The molecule has 0 atom stereocenters. The van der Waals surface area contributed by atoms with Crippen molar-refractivity contribution < 1.29 is 19.2 Å². The average Bonchev–Trinajstić information content (AvgIpc) is 2.83. The molecule has 5 amide bonds. The van der Waals surface area contributed by atoms with E-state index >= 15 is 0 Å². The van der Waals surface area contributed by atoms with Gasteiger partial charge in [-0.25, -0.2) is 4.79 Å². The third-order valence-electron chi connectivity index (χ3n) is 4.57. The highest BCUT2D eigenvalue weighted by Gasteiger charge is 2.32. The molecule has 1 heterocycles. The number of carbonyl (C=O) groups is 4. The Balaban J connectivity index is 1.57. The molecule has 0 radical (unpaired) electrons. The summed E-state index contributed by atoms with van der Waals surface area (Å²) in [7, 11) is 1.59. The standard InChI is InChI=1S/C16H26N4O4/c1-19-11-14(22)20(16(19)24)10-6-5-9-13(21)17-18-15(23)12-7-3-2-4-8-12/h12H,2-11H2,1H3,(H,17,21)(H,18,23). The number of likely N-dealkylation sites (N-methyl/N-ethyl adjacent to an activating group) is 1. The number of hydrogen-bond donors (Lipinski definition) is 2. The van der Waals surface area contributed by atoms with Gasteiger partial charge >= 0.3 is 6.03 Å². The number of carbonyl (C=O) groups excluding carboxylic acids is 4. The van der Waals surface area contributed by atoms with E-state index in [1.807, 2.05) is 0 Å². The molecule has 0 aromatic rings. The summed E-state index contributed by atoms with van der Waals surface area (Å²) in [6.45, 7) is 0.441. The molecule has 1 aliphatic carbocycles. The van der Waals surface area contributed by atoms with Gasteiger partial charge in [0.1, 0.15) is 6.54 Å².